The maximum atomic E-state index is 13.5. The number of halogens is 2. The minimum absolute atomic E-state index is 0.190. The van der Waals surface area contributed by atoms with Crippen LogP contribution >= 0.6 is 15.9 Å². The molecule has 0 saturated carbocycles. The van der Waals surface area contributed by atoms with E-state index in [1.807, 2.05) is 31.2 Å². The number of nitrogens with one attached hydrogen (secondary N) is 1. The first-order valence-corrected chi connectivity index (χ1v) is 6.85. The van der Waals surface area contributed by atoms with Crippen LogP contribution in [0.25, 0.3) is 6.08 Å². The Hall–Kier alpha value is -1.94. The van der Waals surface area contributed by atoms with E-state index in [4.69, 9.17) is 0 Å². The van der Waals surface area contributed by atoms with Gasteiger partial charge in [-0.1, -0.05) is 34.1 Å². The molecule has 0 spiro atoms. The molecule has 4 heteroatoms. The molecule has 1 N–H and O–H groups in total. The first-order valence-electron chi connectivity index (χ1n) is 6.05. The van der Waals surface area contributed by atoms with Gasteiger partial charge >= 0.3 is 0 Å². The Labute approximate surface area is 125 Å². The van der Waals surface area contributed by atoms with E-state index in [2.05, 4.69) is 21.2 Å². The molecule has 0 fully saturated rings. The lowest BCUT2D eigenvalue weighted by Gasteiger charge is -2.04. The number of carbonyl (C=O) groups excluding carboxylic acids is 1. The molecular weight excluding hydrogens is 321 g/mol. The molecule has 102 valence electrons. The lowest BCUT2D eigenvalue weighted by Crippen LogP contribution is -2.09. The molecule has 2 aromatic carbocycles. The minimum atomic E-state index is -0.444. The van der Waals surface area contributed by atoms with Crippen molar-refractivity contribution in [3.63, 3.8) is 0 Å². The molecule has 2 aromatic rings. The molecule has 0 saturated heterocycles. The Morgan fingerprint density at radius 1 is 1.20 bits per heavy atom. The number of aryl methyl sites for hydroxylation is 1. The summed E-state index contributed by atoms with van der Waals surface area (Å²) in [5.74, 6) is -0.807. The predicted octanol–water partition coefficient (Wildman–Crippen LogP) is 4.55. The fraction of sp³-hybridized carbons (Fsp3) is 0.0625. The van der Waals surface area contributed by atoms with Gasteiger partial charge in [0.25, 0.3) is 0 Å². The average molecular weight is 334 g/mol. The van der Waals surface area contributed by atoms with Gasteiger partial charge in [-0.15, -0.1) is 0 Å². The third kappa shape index (κ3) is 4.03. The average Bonchev–Trinajstić information content (AvgIpc) is 2.42. The van der Waals surface area contributed by atoms with Gasteiger partial charge in [0, 0.05) is 10.5 Å². The van der Waals surface area contributed by atoms with Gasteiger partial charge in [0.15, 0.2) is 0 Å². The van der Waals surface area contributed by atoms with Crippen LogP contribution < -0.4 is 5.32 Å². The molecule has 1 amide bonds. The van der Waals surface area contributed by atoms with Crippen LogP contribution in [0.2, 0.25) is 0 Å². The number of hydrogen-bond acceptors (Lipinski definition) is 1. The number of carbonyl (C=O) groups is 1. The van der Waals surface area contributed by atoms with Crippen molar-refractivity contribution in [1.82, 2.24) is 0 Å². The largest absolute Gasteiger partial charge is 0.320 e. The second-order valence-electron chi connectivity index (χ2n) is 4.36. The van der Waals surface area contributed by atoms with Crippen LogP contribution in [-0.4, -0.2) is 5.91 Å². The molecule has 0 atom stereocenters. The maximum absolute atomic E-state index is 13.5. The molecule has 0 unspecified atom stereocenters. The van der Waals surface area contributed by atoms with E-state index < -0.39 is 5.82 Å². The molecule has 0 bridgehead atoms. The van der Waals surface area contributed by atoms with Crippen LogP contribution in [0.5, 0.6) is 0 Å². The summed E-state index contributed by atoms with van der Waals surface area (Å²) >= 11 is 3.34. The highest BCUT2D eigenvalue weighted by molar-refractivity contribution is 9.10. The van der Waals surface area contributed by atoms with Crippen LogP contribution in [0.4, 0.5) is 10.1 Å². The van der Waals surface area contributed by atoms with Crippen molar-refractivity contribution >= 4 is 33.6 Å². The quantitative estimate of drug-likeness (QED) is 0.820. The molecule has 0 aliphatic rings. The Bertz CT molecular complexity index is 650. The second kappa shape index (κ2) is 6.48. The summed E-state index contributed by atoms with van der Waals surface area (Å²) in [6.45, 7) is 1.84. The summed E-state index contributed by atoms with van der Waals surface area (Å²) in [7, 11) is 0. The molecule has 0 radical (unpaired) electrons. The minimum Gasteiger partial charge on any atom is -0.320 e. The van der Waals surface area contributed by atoms with E-state index in [1.54, 1.807) is 18.2 Å². The van der Waals surface area contributed by atoms with Crippen molar-refractivity contribution in [3.8, 4) is 0 Å². The summed E-state index contributed by atoms with van der Waals surface area (Å²) in [4.78, 5) is 11.7. The Morgan fingerprint density at radius 3 is 2.60 bits per heavy atom. The topological polar surface area (TPSA) is 29.1 Å². The molecule has 0 heterocycles. The smallest absolute Gasteiger partial charge is 0.248 e. The van der Waals surface area contributed by atoms with Crippen molar-refractivity contribution in [3.05, 3.63) is 70.0 Å². The maximum Gasteiger partial charge on any atom is 0.248 e. The van der Waals surface area contributed by atoms with E-state index in [9.17, 15) is 9.18 Å². The Balaban J connectivity index is 2.05. The summed E-state index contributed by atoms with van der Waals surface area (Å²) in [6, 6.07) is 12.1. The molecular formula is C16H13BrFNO. The van der Waals surface area contributed by atoms with Gasteiger partial charge in [0.2, 0.25) is 5.91 Å². The number of anilines is 1. The molecule has 0 aliphatic heterocycles. The molecule has 0 aliphatic carbocycles. The molecule has 2 rings (SSSR count). The van der Waals surface area contributed by atoms with Gasteiger partial charge in [0.05, 0.1) is 5.69 Å². The normalized spacial score (nSPS) is 10.8. The molecule has 2 nitrogen and oxygen atoms in total. The van der Waals surface area contributed by atoms with Gasteiger partial charge < -0.3 is 5.32 Å². The van der Waals surface area contributed by atoms with E-state index in [0.29, 0.717) is 0 Å². The van der Waals surface area contributed by atoms with Crippen LogP contribution in [0.3, 0.4) is 0 Å². The predicted molar refractivity (Wildman–Crippen MR) is 82.9 cm³/mol. The summed E-state index contributed by atoms with van der Waals surface area (Å²) in [6.07, 6.45) is 3.06. The fourth-order valence-electron chi connectivity index (χ4n) is 1.66. The number of benzene rings is 2. The highest BCUT2D eigenvalue weighted by Crippen LogP contribution is 2.16. The first-order chi connectivity index (χ1) is 9.54. The van der Waals surface area contributed by atoms with Crippen molar-refractivity contribution in [1.29, 1.82) is 0 Å². The second-order valence-corrected chi connectivity index (χ2v) is 5.27. The van der Waals surface area contributed by atoms with Crippen LogP contribution in [0.1, 0.15) is 11.1 Å². The standard InChI is InChI=1S/C16H13BrFNO/c1-11-2-8-14(18)15(10-11)19-16(20)9-5-12-3-6-13(17)7-4-12/h2-10H,1H3,(H,19,20)/b9-5+. The third-order valence-electron chi connectivity index (χ3n) is 2.68. The van der Waals surface area contributed by atoms with Crippen LogP contribution in [-0.2, 0) is 4.79 Å². The number of rotatable bonds is 3. The Kier molecular flexibility index (Phi) is 4.69. The van der Waals surface area contributed by atoms with Gasteiger partial charge in [-0.25, -0.2) is 4.39 Å². The summed E-state index contributed by atoms with van der Waals surface area (Å²) < 4.78 is 14.5. The van der Waals surface area contributed by atoms with Gasteiger partial charge in [0.1, 0.15) is 5.82 Å². The van der Waals surface area contributed by atoms with Crippen LogP contribution in [0.15, 0.2) is 53.0 Å². The van der Waals surface area contributed by atoms with Crippen molar-refractivity contribution in [2.45, 2.75) is 6.92 Å². The van der Waals surface area contributed by atoms with Crippen molar-refractivity contribution < 1.29 is 9.18 Å². The zero-order chi connectivity index (χ0) is 14.5. The van der Waals surface area contributed by atoms with Crippen LogP contribution in [0, 0.1) is 12.7 Å². The molecule has 0 aromatic heterocycles. The van der Waals surface area contributed by atoms with Gasteiger partial charge in [-0.05, 0) is 48.4 Å². The highest BCUT2D eigenvalue weighted by atomic mass is 79.9. The lowest BCUT2D eigenvalue weighted by molar-refractivity contribution is -0.111. The summed E-state index contributed by atoms with van der Waals surface area (Å²) in [5.41, 5.74) is 1.97. The number of amides is 1. The van der Waals surface area contributed by atoms with Gasteiger partial charge in [-0.3, -0.25) is 4.79 Å². The first kappa shape index (κ1) is 14.5. The highest BCUT2D eigenvalue weighted by Gasteiger charge is 2.04. The van der Waals surface area contributed by atoms with Crippen molar-refractivity contribution in [2.75, 3.05) is 5.32 Å². The van der Waals surface area contributed by atoms with E-state index in [1.165, 1.54) is 12.1 Å². The third-order valence-corrected chi connectivity index (χ3v) is 3.21. The van der Waals surface area contributed by atoms with Gasteiger partial charge in [-0.2, -0.15) is 0 Å². The number of hydrogen-bond donors (Lipinski definition) is 1. The van der Waals surface area contributed by atoms with E-state index in [0.717, 1.165) is 15.6 Å². The van der Waals surface area contributed by atoms with E-state index in [-0.39, 0.29) is 11.6 Å². The zero-order valence-electron chi connectivity index (χ0n) is 10.9. The SMILES string of the molecule is Cc1ccc(F)c(NC(=O)/C=C/c2ccc(Br)cc2)c1. The Morgan fingerprint density at radius 2 is 1.90 bits per heavy atom. The molecule has 20 heavy (non-hydrogen) atoms. The summed E-state index contributed by atoms with van der Waals surface area (Å²) in [5, 5.41) is 2.52. The van der Waals surface area contributed by atoms with E-state index >= 15 is 0 Å². The monoisotopic (exact) mass is 333 g/mol. The zero-order valence-corrected chi connectivity index (χ0v) is 12.4. The lowest BCUT2D eigenvalue weighted by atomic mass is 10.2. The fourth-order valence-corrected chi connectivity index (χ4v) is 1.92. The van der Waals surface area contributed by atoms with Crippen molar-refractivity contribution in [2.24, 2.45) is 0 Å².